The van der Waals surface area contributed by atoms with Crippen molar-refractivity contribution in [3.63, 3.8) is 0 Å². The van der Waals surface area contributed by atoms with Gasteiger partial charge in [0.2, 0.25) is 0 Å². The van der Waals surface area contributed by atoms with Gasteiger partial charge in [-0.1, -0.05) is 126 Å². The maximum absolute atomic E-state index is 14.8. The van der Waals surface area contributed by atoms with Gasteiger partial charge >= 0.3 is 6.18 Å². The van der Waals surface area contributed by atoms with Crippen molar-refractivity contribution >= 4 is 43.6 Å². The quantitative estimate of drug-likeness (QED) is 0.172. The van der Waals surface area contributed by atoms with Gasteiger partial charge < -0.3 is 9.13 Å². The molecule has 0 radical (unpaired) electrons. The number of para-hydroxylation sites is 2. The molecule has 0 aliphatic heterocycles. The van der Waals surface area contributed by atoms with E-state index in [9.17, 15) is 18.4 Å². The Kier molecular flexibility index (Phi) is 8.33. The Morgan fingerprint density at radius 2 is 0.864 bits per heavy atom. The van der Waals surface area contributed by atoms with E-state index in [1.54, 1.807) is 6.92 Å². The summed E-state index contributed by atoms with van der Waals surface area (Å²) in [6, 6.07) is 56.0. The van der Waals surface area contributed by atoms with Crippen molar-refractivity contribution < 1.29 is 13.2 Å². The molecule has 59 heavy (non-hydrogen) atoms. The molecule has 0 spiro atoms. The van der Waals surface area contributed by atoms with Crippen LogP contribution in [0.4, 0.5) is 13.2 Å². The van der Waals surface area contributed by atoms with Gasteiger partial charge in [-0.25, -0.2) is 0 Å². The second kappa shape index (κ2) is 13.6. The topological polar surface area (TPSA) is 33.6 Å². The van der Waals surface area contributed by atoms with Crippen LogP contribution in [0.1, 0.15) is 27.8 Å². The highest BCUT2D eigenvalue weighted by Gasteiger charge is 2.32. The van der Waals surface area contributed by atoms with E-state index in [2.05, 4.69) is 126 Å². The second-order valence-corrected chi connectivity index (χ2v) is 15.5. The summed E-state index contributed by atoms with van der Waals surface area (Å²) >= 11 is 0. The average molecular weight is 772 g/mol. The molecule has 0 atom stereocenters. The highest BCUT2D eigenvalue weighted by Crippen LogP contribution is 2.45. The van der Waals surface area contributed by atoms with Crippen LogP contribution in [0.5, 0.6) is 0 Å². The van der Waals surface area contributed by atoms with Crippen LogP contribution in [-0.4, -0.2) is 9.13 Å². The van der Waals surface area contributed by atoms with Gasteiger partial charge in [0, 0.05) is 27.1 Å². The number of aromatic nitrogens is 2. The van der Waals surface area contributed by atoms with Crippen LogP contribution in [-0.2, 0) is 6.18 Å². The molecule has 3 nitrogen and oxygen atoms in total. The van der Waals surface area contributed by atoms with Gasteiger partial charge in [-0.2, -0.15) is 18.4 Å². The molecular formula is C53H36F3N3. The third-order valence-electron chi connectivity index (χ3n) is 11.5. The number of halogens is 3. The van der Waals surface area contributed by atoms with Crippen LogP contribution in [0.2, 0.25) is 0 Å². The molecule has 10 aromatic rings. The molecule has 0 unspecified atom stereocenters. The Bertz CT molecular complexity index is 3150. The SMILES string of the molecule is Cc1ccc(-c2ccc3c4ccccc4n(-c4cc(C#N)cc(-n5c6ccccc6c6ccc(-c7ccc(C)cc7)cc65)c4-c4cc(C)cc(C(F)(F)F)c4)c3c2)cc1. The van der Waals surface area contributed by atoms with E-state index < -0.39 is 11.7 Å². The summed E-state index contributed by atoms with van der Waals surface area (Å²) in [6.07, 6.45) is -4.58. The summed E-state index contributed by atoms with van der Waals surface area (Å²) < 4.78 is 48.6. The van der Waals surface area contributed by atoms with Crippen molar-refractivity contribution in [1.82, 2.24) is 9.13 Å². The lowest BCUT2D eigenvalue weighted by atomic mass is 9.94. The normalized spacial score (nSPS) is 11.9. The molecule has 6 heteroatoms. The third-order valence-corrected chi connectivity index (χ3v) is 11.5. The van der Waals surface area contributed by atoms with Gasteiger partial charge in [0.05, 0.1) is 50.6 Å². The predicted octanol–water partition coefficient (Wildman–Crippen LogP) is 14.7. The van der Waals surface area contributed by atoms with Gasteiger partial charge in [-0.15, -0.1) is 0 Å². The van der Waals surface area contributed by atoms with Crippen molar-refractivity contribution in [2.24, 2.45) is 0 Å². The van der Waals surface area contributed by atoms with E-state index in [-0.39, 0.29) is 0 Å². The fraction of sp³-hybridized carbons (Fsp3) is 0.0755. The van der Waals surface area contributed by atoms with Gasteiger partial charge in [0.1, 0.15) is 0 Å². The first-order valence-corrected chi connectivity index (χ1v) is 19.5. The van der Waals surface area contributed by atoms with Crippen LogP contribution in [0.15, 0.2) is 164 Å². The Morgan fingerprint density at radius 3 is 1.32 bits per heavy atom. The van der Waals surface area contributed by atoms with Crippen LogP contribution in [0, 0.1) is 32.1 Å². The Labute approximate surface area is 339 Å². The summed E-state index contributed by atoms with van der Waals surface area (Å²) in [5.41, 5.74) is 12.2. The number of rotatable bonds is 5. The largest absolute Gasteiger partial charge is 0.416 e. The van der Waals surface area contributed by atoms with Gasteiger partial charge in [-0.3, -0.25) is 0 Å². The maximum atomic E-state index is 14.8. The zero-order valence-electron chi connectivity index (χ0n) is 32.6. The van der Waals surface area contributed by atoms with E-state index in [1.165, 1.54) is 12.1 Å². The van der Waals surface area contributed by atoms with Crippen LogP contribution >= 0.6 is 0 Å². The Balaban J connectivity index is 1.38. The van der Waals surface area contributed by atoms with E-state index in [4.69, 9.17) is 0 Å². The highest BCUT2D eigenvalue weighted by atomic mass is 19.4. The van der Waals surface area contributed by atoms with Gasteiger partial charge in [0.25, 0.3) is 0 Å². The van der Waals surface area contributed by atoms with Gasteiger partial charge in [0.15, 0.2) is 0 Å². The van der Waals surface area contributed by atoms with E-state index in [1.807, 2.05) is 54.6 Å². The fourth-order valence-corrected chi connectivity index (χ4v) is 8.73. The maximum Gasteiger partial charge on any atom is 0.416 e. The second-order valence-electron chi connectivity index (χ2n) is 15.5. The van der Waals surface area contributed by atoms with Gasteiger partial charge in [-0.05, 0) is 103 Å². The molecular weight excluding hydrogens is 736 g/mol. The molecule has 0 aliphatic rings. The van der Waals surface area contributed by atoms with Crippen molar-refractivity contribution in [3.05, 3.63) is 192 Å². The molecule has 2 heterocycles. The van der Waals surface area contributed by atoms with Crippen LogP contribution in [0.25, 0.3) is 88.4 Å². The highest BCUT2D eigenvalue weighted by molar-refractivity contribution is 6.13. The molecule has 0 aliphatic carbocycles. The number of fused-ring (bicyclic) bond motifs is 6. The van der Waals surface area contributed by atoms with Crippen molar-refractivity contribution in [2.45, 2.75) is 26.9 Å². The minimum atomic E-state index is -4.58. The number of nitrogens with zero attached hydrogens (tertiary/aromatic N) is 3. The summed E-state index contributed by atoms with van der Waals surface area (Å²) in [6.45, 7) is 5.81. The standard InChI is InChI=1S/C53H36F3N3/c1-32-12-16-36(17-13-32)38-20-22-44-42-8-4-6-10-46(42)58(48(44)29-38)50-26-35(31-57)27-51(52(50)40-24-34(3)25-41(28-40)53(54,55)56)59-47-11-7-5-9-43(47)45-23-21-39(30-49(45)59)37-18-14-33(2)15-19-37/h4-30H,1-3H3. The first kappa shape index (κ1) is 36.0. The molecule has 0 fully saturated rings. The van der Waals surface area contributed by atoms with E-state index in [0.29, 0.717) is 33.6 Å². The Morgan fingerprint density at radius 1 is 0.424 bits per heavy atom. The van der Waals surface area contributed by atoms with Crippen LogP contribution < -0.4 is 0 Å². The predicted molar refractivity (Wildman–Crippen MR) is 235 cm³/mol. The molecule has 2 aromatic heterocycles. The Hall–Kier alpha value is -7.36. The zero-order chi connectivity index (χ0) is 40.6. The summed E-state index contributed by atoms with van der Waals surface area (Å²) in [5, 5.41) is 14.8. The molecule has 8 aromatic carbocycles. The van der Waals surface area contributed by atoms with Crippen LogP contribution in [0.3, 0.4) is 0 Å². The minimum Gasteiger partial charge on any atom is -0.308 e. The monoisotopic (exact) mass is 771 g/mol. The summed E-state index contributed by atoms with van der Waals surface area (Å²) in [5.74, 6) is 0. The first-order chi connectivity index (χ1) is 28.6. The van der Waals surface area contributed by atoms with Crippen molar-refractivity contribution in [3.8, 4) is 50.8 Å². The number of hydrogen-bond donors (Lipinski definition) is 0. The third kappa shape index (κ3) is 6.06. The first-order valence-electron chi connectivity index (χ1n) is 19.5. The van der Waals surface area contributed by atoms with E-state index >= 15 is 0 Å². The minimum absolute atomic E-state index is 0.378. The fourth-order valence-electron chi connectivity index (χ4n) is 8.73. The van der Waals surface area contributed by atoms with E-state index in [0.717, 1.165) is 77.0 Å². The lowest BCUT2D eigenvalue weighted by Crippen LogP contribution is -2.08. The molecule has 0 saturated carbocycles. The molecule has 0 amide bonds. The molecule has 10 rings (SSSR count). The summed E-state index contributed by atoms with van der Waals surface area (Å²) in [7, 11) is 0. The molecule has 284 valence electrons. The number of aryl methyl sites for hydroxylation is 3. The number of alkyl halides is 3. The summed E-state index contributed by atoms with van der Waals surface area (Å²) in [4.78, 5) is 0. The van der Waals surface area contributed by atoms with Crippen molar-refractivity contribution in [2.75, 3.05) is 0 Å². The average Bonchev–Trinajstić information content (AvgIpc) is 3.75. The molecule has 0 N–H and O–H groups in total. The number of benzene rings is 8. The lowest BCUT2D eigenvalue weighted by molar-refractivity contribution is -0.137. The number of nitriles is 1. The lowest BCUT2D eigenvalue weighted by Gasteiger charge is -2.22. The number of hydrogen-bond acceptors (Lipinski definition) is 1. The molecule has 0 saturated heterocycles. The smallest absolute Gasteiger partial charge is 0.308 e. The van der Waals surface area contributed by atoms with Crippen molar-refractivity contribution in [1.29, 1.82) is 5.26 Å². The zero-order valence-corrected chi connectivity index (χ0v) is 32.6. The molecule has 0 bridgehead atoms.